The maximum absolute atomic E-state index is 11.8. The van der Waals surface area contributed by atoms with Crippen LogP contribution in [0.25, 0.3) is 0 Å². The Hall–Kier alpha value is -2.08. The fourth-order valence-corrected chi connectivity index (χ4v) is 3.35. The lowest BCUT2D eigenvalue weighted by Crippen LogP contribution is -2.26. The van der Waals surface area contributed by atoms with Crippen LogP contribution >= 0.6 is 0 Å². The Kier molecular flexibility index (Phi) is 11.4. The number of methoxy groups -OCH3 is 1. The molecule has 6 nitrogen and oxygen atoms in total. The van der Waals surface area contributed by atoms with Gasteiger partial charge < -0.3 is 19.7 Å². The summed E-state index contributed by atoms with van der Waals surface area (Å²) in [5.41, 5.74) is 1.53. The number of carbonyl (C=O) groups is 2. The van der Waals surface area contributed by atoms with Gasteiger partial charge in [-0.1, -0.05) is 25.0 Å². The molecule has 0 heterocycles. The first-order valence-corrected chi connectivity index (χ1v) is 10.5. The summed E-state index contributed by atoms with van der Waals surface area (Å²) in [5.74, 6) is -0.327. The largest absolute Gasteiger partial charge is 0.493 e. The van der Waals surface area contributed by atoms with E-state index in [1.807, 2.05) is 32.0 Å². The van der Waals surface area contributed by atoms with Gasteiger partial charge in [-0.15, -0.1) is 0 Å². The van der Waals surface area contributed by atoms with Gasteiger partial charge in [-0.05, 0) is 69.6 Å². The van der Waals surface area contributed by atoms with Crippen LogP contribution in [0.5, 0.6) is 5.75 Å². The van der Waals surface area contributed by atoms with Crippen molar-refractivity contribution in [2.75, 3.05) is 20.3 Å². The van der Waals surface area contributed by atoms with E-state index in [0.717, 1.165) is 49.0 Å². The molecule has 0 saturated heterocycles. The molecule has 1 aromatic rings. The van der Waals surface area contributed by atoms with Crippen molar-refractivity contribution < 1.29 is 29.3 Å². The Morgan fingerprint density at radius 2 is 1.76 bits per heavy atom. The highest BCUT2D eigenvalue weighted by molar-refractivity contribution is 5.75. The van der Waals surface area contributed by atoms with Crippen LogP contribution < -0.4 is 4.74 Å². The van der Waals surface area contributed by atoms with Gasteiger partial charge in [0.1, 0.15) is 5.75 Å². The van der Waals surface area contributed by atoms with Crippen molar-refractivity contribution in [3.63, 3.8) is 0 Å². The molecule has 1 rings (SSSR count). The Morgan fingerprint density at radius 1 is 1.03 bits per heavy atom. The molecule has 0 unspecified atom stereocenters. The second kappa shape index (κ2) is 13.2. The van der Waals surface area contributed by atoms with Crippen molar-refractivity contribution >= 4 is 11.9 Å². The van der Waals surface area contributed by atoms with Crippen LogP contribution in [0.3, 0.4) is 0 Å². The number of unbranched alkanes of at least 4 members (excludes halogenated alkanes) is 3. The van der Waals surface area contributed by atoms with Gasteiger partial charge in [0.05, 0.1) is 19.1 Å². The second-order valence-corrected chi connectivity index (χ2v) is 8.00. The van der Waals surface area contributed by atoms with E-state index in [1.165, 1.54) is 7.11 Å². The van der Waals surface area contributed by atoms with Crippen LogP contribution in [0.4, 0.5) is 0 Å². The number of carboxylic acids is 1. The molecule has 0 aliphatic heterocycles. The summed E-state index contributed by atoms with van der Waals surface area (Å²) in [6, 6.07) is 5.87. The second-order valence-electron chi connectivity index (χ2n) is 8.00. The normalized spacial score (nSPS) is 11.3. The SMILES string of the molecule is COC(=O)C(C)(C)CCCOc1cccc(CCCCCCO)c1CCC(=O)O. The van der Waals surface area contributed by atoms with Crippen LogP contribution in [0.2, 0.25) is 0 Å². The molecule has 164 valence electrons. The topological polar surface area (TPSA) is 93.1 Å². The summed E-state index contributed by atoms with van der Waals surface area (Å²) < 4.78 is 10.8. The lowest BCUT2D eigenvalue weighted by atomic mass is 9.88. The molecule has 0 amide bonds. The molecule has 29 heavy (non-hydrogen) atoms. The predicted octanol–water partition coefficient (Wildman–Crippen LogP) is 4.16. The standard InChI is InChI=1S/C23H36O6/c1-23(2,22(27)28-3)15-9-17-29-20-12-8-11-18(10-6-4-5-7-16-24)19(20)13-14-21(25)26/h8,11-12,24H,4-7,9-10,13-17H2,1-3H3,(H,25,26). The maximum atomic E-state index is 11.8. The van der Waals surface area contributed by atoms with Gasteiger partial charge >= 0.3 is 11.9 Å². The van der Waals surface area contributed by atoms with Crippen LogP contribution in [0.15, 0.2) is 18.2 Å². The van der Waals surface area contributed by atoms with E-state index in [2.05, 4.69) is 0 Å². The molecule has 2 N–H and O–H groups in total. The molecular weight excluding hydrogens is 372 g/mol. The Morgan fingerprint density at radius 3 is 2.41 bits per heavy atom. The number of esters is 1. The molecule has 1 aromatic carbocycles. The fraction of sp³-hybridized carbons (Fsp3) is 0.652. The highest BCUT2D eigenvalue weighted by atomic mass is 16.5. The molecule has 0 saturated carbocycles. The van der Waals surface area contributed by atoms with Gasteiger partial charge in [-0.25, -0.2) is 0 Å². The Balaban J connectivity index is 2.72. The predicted molar refractivity (Wildman–Crippen MR) is 112 cm³/mol. The van der Waals surface area contributed by atoms with E-state index >= 15 is 0 Å². The molecule has 6 heteroatoms. The molecule has 0 spiro atoms. The number of ether oxygens (including phenoxy) is 2. The quantitative estimate of drug-likeness (QED) is 0.334. The first-order chi connectivity index (χ1) is 13.8. The third kappa shape index (κ3) is 9.31. The van der Waals surface area contributed by atoms with E-state index in [-0.39, 0.29) is 19.0 Å². The van der Waals surface area contributed by atoms with Crippen LogP contribution in [-0.4, -0.2) is 42.5 Å². The van der Waals surface area contributed by atoms with Gasteiger partial charge in [0, 0.05) is 13.0 Å². The van der Waals surface area contributed by atoms with Crippen molar-refractivity contribution in [3.8, 4) is 5.75 Å². The summed E-state index contributed by atoms with van der Waals surface area (Å²) in [4.78, 5) is 22.9. The van der Waals surface area contributed by atoms with E-state index in [0.29, 0.717) is 25.9 Å². The zero-order valence-electron chi connectivity index (χ0n) is 18.0. The minimum atomic E-state index is -0.825. The molecule has 0 fully saturated rings. The van der Waals surface area contributed by atoms with Crippen molar-refractivity contribution in [2.45, 2.75) is 71.6 Å². The summed E-state index contributed by atoms with van der Waals surface area (Å²) in [5, 5.41) is 18.0. The highest BCUT2D eigenvalue weighted by Crippen LogP contribution is 2.28. The first kappa shape index (κ1) is 25.0. The third-order valence-corrected chi connectivity index (χ3v) is 5.11. The number of carbonyl (C=O) groups excluding carboxylic acids is 1. The molecule has 0 radical (unpaired) electrons. The zero-order chi connectivity index (χ0) is 21.7. The van der Waals surface area contributed by atoms with E-state index in [4.69, 9.17) is 19.7 Å². The Labute approximate surface area is 174 Å². The zero-order valence-corrected chi connectivity index (χ0v) is 18.0. The molecule has 0 aliphatic rings. The number of aliphatic hydroxyl groups excluding tert-OH is 1. The molecule has 0 bridgehead atoms. The van der Waals surface area contributed by atoms with E-state index in [9.17, 15) is 9.59 Å². The molecular formula is C23H36O6. The van der Waals surface area contributed by atoms with Crippen molar-refractivity contribution in [3.05, 3.63) is 29.3 Å². The van der Waals surface area contributed by atoms with Gasteiger partial charge in [0.2, 0.25) is 0 Å². The van der Waals surface area contributed by atoms with Gasteiger partial charge in [0.25, 0.3) is 0 Å². The van der Waals surface area contributed by atoms with E-state index < -0.39 is 11.4 Å². The molecule has 0 atom stereocenters. The first-order valence-electron chi connectivity index (χ1n) is 10.5. The van der Waals surface area contributed by atoms with Crippen LogP contribution in [0.1, 0.15) is 69.9 Å². The number of benzene rings is 1. The van der Waals surface area contributed by atoms with Crippen molar-refractivity contribution in [2.24, 2.45) is 5.41 Å². The number of rotatable bonds is 15. The monoisotopic (exact) mass is 408 g/mol. The van der Waals surface area contributed by atoms with Gasteiger partial charge in [-0.3, -0.25) is 9.59 Å². The van der Waals surface area contributed by atoms with Crippen LogP contribution in [0, 0.1) is 5.41 Å². The summed E-state index contributed by atoms with van der Waals surface area (Å²) in [6.45, 7) is 4.39. The number of aliphatic hydroxyl groups is 1. The Bertz CT molecular complexity index is 638. The maximum Gasteiger partial charge on any atom is 0.311 e. The molecule has 0 aliphatic carbocycles. The summed E-state index contributed by atoms with van der Waals surface area (Å²) >= 11 is 0. The summed E-state index contributed by atoms with van der Waals surface area (Å²) in [6.07, 6.45) is 6.55. The van der Waals surface area contributed by atoms with Gasteiger partial charge in [0.15, 0.2) is 0 Å². The lowest BCUT2D eigenvalue weighted by molar-refractivity contribution is -0.151. The number of hydrogen-bond donors (Lipinski definition) is 2. The number of aryl methyl sites for hydroxylation is 1. The van der Waals surface area contributed by atoms with E-state index in [1.54, 1.807) is 0 Å². The lowest BCUT2D eigenvalue weighted by Gasteiger charge is -2.21. The minimum absolute atomic E-state index is 0.0628. The number of aliphatic carboxylic acids is 1. The highest BCUT2D eigenvalue weighted by Gasteiger charge is 2.28. The van der Waals surface area contributed by atoms with Gasteiger partial charge in [-0.2, -0.15) is 0 Å². The molecule has 0 aromatic heterocycles. The van der Waals surface area contributed by atoms with Crippen LogP contribution in [-0.2, 0) is 27.2 Å². The minimum Gasteiger partial charge on any atom is -0.493 e. The number of carboxylic acid groups (broad SMARTS) is 1. The fourth-order valence-electron chi connectivity index (χ4n) is 3.35. The smallest absolute Gasteiger partial charge is 0.311 e. The van der Waals surface area contributed by atoms with Crippen molar-refractivity contribution in [1.29, 1.82) is 0 Å². The third-order valence-electron chi connectivity index (χ3n) is 5.11. The number of hydrogen-bond acceptors (Lipinski definition) is 5. The van der Waals surface area contributed by atoms with Crippen molar-refractivity contribution in [1.82, 2.24) is 0 Å². The average molecular weight is 409 g/mol. The average Bonchev–Trinajstić information content (AvgIpc) is 2.69. The summed E-state index contributed by atoms with van der Waals surface area (Å²) in [7, 11) is 1.39.